The fraction of sp³-hybridized carbons (Fsp3) is 0.562. The molecule has 20 heavy (non-hydrogen) atoms. The summed E-state index contributed by atoms with van der Waals surface area (Å²) in [6.45, 7) is 7.27. The van der Waals surface area contributed by atoms with E-state index in [1.54, 1.807) is 0 Å². The second-order valence-electron chi connectivity index (χ2n) is 5.90. The molecule has 1 aliphatic rings. The maximum absolute atomic E-state index is 12.2. The Morgan fingerprint density at radius 1 is 1.30 bits per heavy atom. The van der Waals surface area contributed by atoms with Crippen molar-refractivity contribution in [3.8, 4) is 0 Å². The molecule has 0 aromatic heterocycles. The van der Waals surface area contributed by atoms with E-state index in [2.05, 4.69) is 31.4 Å². The maximum Gasteiger partial charge on any atom is 0.322 e. The molecule has 1 aromatic carbocycles. The van der Waals surface area contributed by atoms with Gasteiger partial charge in [0.1, 0.15) is 0 Å². The van der Waals surface area contributed by atoms with E-state index in [-0.39, 0.29) is 6.03 Å². The average Bonchev–Trinajstić information content (AvgIpc) is 2.78. The van der Waals surface area contributed by atoms with E-state index in [0.717, 1.165) is 18.7 Å². The van der Waals surface area contributed by atoms with Crippen molar-refractivity contribution in [3.05, 3.63) is 29.8 Å². The van der Waals surface area contributed by atoms with Gasteiger partial charge in [0.05, 0.1) is 0 Å². The van der Waals surface area contributed by atoms with Gasteiger partial charge in [0.15, 0.2) is 0 Å². The fourth-order valence-corrected chi connectivity index (χ4v) is 2.80. The summed E-state index contributed by atoms with van der Waals surface area (Å²) in [6.07, 6.45) is 1.09. The zero-order valence-electron chi connectivity index (χ0n) is 12.8. The topological polar surface area (TPSA) is 44.4 Å². The average molecular weight is 275 g/mol. The molecule has 0 radical (unpaired) electrons. The highest BCUT2D eigenvalue weighted by Crippen LogP contribution is 2.23. The molecular weight excluding hydrogens is 250 g/mol. The first-order valence-electron chi connectivity index (χ1n) is 7.36. The molecule has 0 aliphatic carbocycles. The van der Waals surface area contributed by atoms with Crippen LogP contribution in [0, 0.1) is 5.92 Å². The highest BCUT2D eigenvalue weighted by molar-refractivity contribution is 5.89. The van der Waals surface area contributed by atoms with Gasteiger partial charge in [0, 0.05) is 24.3 Å². The Kier molecular flexibility index (Phi) is 4.65. The van der Waals surface area contributed by atoms with Crippen LogP contribution < -0.4 is 10.6 Å². The van der Waals surface area contributed by atoms with Crippen LogP contribution in [0.5, 0.6) is 0 Å². The smallest absolute Gasteiger partial charge is 0.322 e. The Balaban J connectivity index is 1.98. The number of urea groups is 1. The van der Waals surface area contributed by atoms with E-state index in [1.165, 1.54) is 5.56 Å². The lowest BCUT2D eigenvalue weighted by atomic mass is 10.1. The number of nitrogens with zero attached hydrogens (tertiary/aromatic N) is 1. The van der Waals surface area contributed by atoms with Crippen molar-refractivity contribution in [1.29, 1.82) is 0 Å². The molecule has 0 spiro atoms. The molecule has 2 rings (SSSR count). The van der Waals surface area contributed by atoms with E-state index in [0.29, 0.717) is 18.0 Å². The number of likely N-dealkylation sites (tertiary alicyclic amines) is 1. The van der Waals surface area contributed by atoms with Crippen LogP contribution in [0.4, 0.5) is 10.5 Å². The van der Waals surface area contributed by atoms with Gasteiger partial charge in [-0.25, -0.2) is 4.79 Å². The van der Waals surface area contributed by atoms with E-state index >= 15 is 0 Å². The fourth-order valence-electron chi connectivity index (χ4n) is 2.80. The van der Waals surface area contributed by atoms with Crippen LogP contribution in [-0.2, 0) is 0 Å². The number of nitrogens with one attached hydrogen (secondary N) is 2. The first kappa shape index (κ1) is 14.9. The predicted octanol–water partition coefficient (Wildman–Crippen LogP) is 3.23. The highest BCUT2D eigenvalue weighted by atomic mass is 16.2. The van der Waals surface area contributed by atoms with Crippen LogP contribution >= 0.6 is 0 Å². The van der Waals surface area contributed by atoms with E-state index in [1.807, 2.05) is 36.2 Å². The van der Waals surface area contributed by atoms with Gasteiger partial charge < -0.3 is 15.5 Å². The molecule has 0 bridgehead atoms. The molecule has 0 saturated carbocycles. The van der Waals surface area contributed by atoms with Gasteiger partial charge in [-0.2, -0.15) is 0 Å². The third kappa shape index (κ3) is 3.31. The summed E-state index contributed by atoms with van der Waals surface area (Å²) in [5.74, 6) is 0.592. The molecule has 110 valence electrons. The predicted molar refractivity (Wildman–Crippen MR) is 82.9 cm³/mol. The number of anilines is 1. The summed E-state index contributed by atoms with van der Waals surface area (Å²) in [4.78, 5) is 14.2. The molecule has 3 atom stereocenters. The van der Waals surface area contributed by atoms with Crippen LogP contribution in [0.3, 0.4) is 0 Å². The highest BCUT2D eigenvalue weighted by Gasteiger charge is 2.29. The number of hydrogen-bond donors (Lipinski definition) is 2. The molecule has 2 N–H and O–H groups in total. The molecule has 1 fully saturated rings. The van der Waals surface area contributed by atoms with Crippen molar-refractivity contribution in [2.45, 2.75) is 39.3 Å². The van der Waals surface area contributed by atoms with E-state index in [4.69, 9.17) is 0 Å². The molecule has 3 unspecified atom stereocenters. The van der Waals surface area contributed by atoms with Crippen molar-refractivity contribution in [3.63, 3.8) is 0 Å². The molecule has 4 heteroatoms. The Morgan fingerprint density at radius 3 is 2.45 bits per heavy atom. The summed E-state index contributed by atoms with van der Waals surface area (Å²) in [7, 11) is 1.94. The Bertz CT molecular complexity index is 457. The zero-order chi connectivity index (χ0) is 14.7. The van der Waals surface area contributed by atoms with Crippen molar-refractivity contribution >= 4 is 11.7 Å². The van der Waals surface area contributed by atoms with Crippen molar-refractivity contribution in [2.75, 3.05) is 18.9 Å². The summed E-state index contributed by atoms with van der Waals surface area (Å²) in [6, 6.07) is 8.68. The molecule has 1 heterocycles. The van der Waals surface area contributed by atoms with Gasteiger partial charge in [-0.1, -0.05) is 19.1 Å². The molecule has 1 aromatic rings. The number of hydrogen-bond acceptors (Lipinski definition) is 2. The van der Waals surface area contributed by atoms with Gasteiger partial charge in [0.25, 0.3) is 0 Å². The Hall–Kier alpha value is -1.55. The number of carbonyl (C=O) groups excluding carboxylic acids is 1. The Morgan fingerprint density at radius 2 is 1.95 bits per heavy atom. The summed E-state index contributed by atoms with van der Waals surface area (Å²) in [5.41, 5.74) is 2.07. The van der Waals surface area contributed by atoms with Crippen LogP contribution in [-0.4, -0.2) is 30.6 Å². The molecule has 2 amide bonds. The Labute approximate surface area is 121 Å². The first-order chi connectivity index (χ1) is 9.51. The quantitative estimate of drug-likeness (QED) is 0.889. The summed E-state index contributed by atoms with van der Waals surface area (Å²) < 4.78 is 0. The zero-order valence-corrected chi connectivity index (χ0v) is 12.8. The number of rotatable bonds is 3. The van der Waals surface area contributed by atoms with E-state index < -0.39 is 0 Å². The molecule has 1 aliphatic heterocycles. The van der Waals surface area contributed by atoms with Crippen LogP contribution in [0.2, 0.25) is 0 Å². The standard InChI is InChI=1S/C16H25N3O/c1-11-9-12(2)19(10-11)16(20)18-15-7-5-14(6-8-15)13(3)17-4/h5-8,11-13,17H,9-10H2,1-4H3,(H,18,20). The first-order valence-corrected chi connectivity index (χ1v) is 7.36. The van der Waals surface area contributed by atoms with Crippen molar-refractivity contribution in [2.24, 2.45) is 5.92 Å². The minimum atomic E-state index is 0.0104. The monoisotopic (exact) mass is 275 g/mol. The minimum Gasteiger partial charge on any atom is -0.322 e. The second-order valence-corrected chi connectivity index (χ2v) is 5.90. The van der Waals surface area contributed by atoms with Gasteiger partial charge in [-0.15, -0.1) is 0 Å². The SMILES string of the molecule is CNC(C)c1ccc(NC(=O)N2CC(C)CC2C)cc1. The van der Waals surface area contributed by atoms with Crippen molar-refractivity contribution in [1.82, 2.24) is 10.2 Å². The molecular formula is C16H25N3O. The lowest BCUT2D eigenvalue weighted by Gasteiger charge is -2.22. The third-order valence-corrected chi connectivity index (χ3v) is 4.14. The second kappa shape index (κ2) is 6.27. The van der Waals surface area contributed by atoms with Crippen LogP contribution in [0.15, 0.2) is 24.3 Å². The third-order valence-electron chi connectivity index (χ3n) is 4.14. The maximum atomic E-state index is 12.2. The van der Waals surface area contributed by atoms with Gasteiger partial charge >= 0.3 is 6.03 Å². The van der Waals surface area contributed by atoms with Gasteiger partial charge in [-0.05, 0) is 50.9 Å². The lowest BCUT2D eigenvalue weighted by molar-refractivity contribution is 0.209. The summed E-state index contributed by atoms with van der Waals surface area (Å²) >= 11 is 0. The lowest BCUT2D eigenvalue weighted by Crippen LogP contribution is -2.37. The van der Waals surface area contributed by atoms with Crippen molar-refractivity contribution < 1.29 is 4.79 Å². The largest absolute Gasteiger partial charge is 0.322 e. The van der Waals surface area contributed by atoms with E-state index in [9.17, 15) is 4.79 Å². The van der Waals surface area contributed by atoms with Gasteiger partial charge in [-0.3, -0.25) is 0 Å². The van der Waals surface area contributed by atoms with Gasteiger partial charge in [0.2, 0.25) is 0 Å². The number of benzene rings is 1. The molecule has 4 nitrogen and oxygen atoms in total. The normalized spacial score (nSPS) is 23.7. The van der Waals surface area contributed by atoms with Crippen LogP contribution in [0.1, 0.15) is 38.8 Å². The molecule has 1 saturated heterocycles. The number of carbonyl (C=O) groups is 1. The minimum absolute atomic E-state index is 0.0104. The summed E-state index contributed by atoms with van der Waals surface area (Å²) in [5, 5.41) is 6.19. The number of amides is 2. The van der Waals surface area contributed by atoms with Crippen LogP contribution in [0.25, 0.3) is 0 Å².